The molecule has 1 saturated heterocycles. The average Bonchev–Trinajstić information content (AvgIpc) is 3.09. The molecule has 0 radical (unpaired) electrons. The molecule has 31 heavy (non-hydrogen) atoms. The zero-order chi connectivity index (χ0) is 21.4. The number of ether oxygens (including phenoxy) is 4. The van der Waals surface area contributed by atoms with E-state index in [4.69, 9.17) is 18.9 Å². The topological polar surface area (TPSA) is 74.3 Å². The maximum atomic E-state index is 12.8. The summed E-state index contributed by atoms with van der Waals surface area (Å²) in [6.07, 6.45) is 3.04. The van der Waals surface area contributed by atoms with Gasteiger partial charge < -0.3 is 23.8 Å². The lowest BCUT2D eigenvalue weighted by Crippen LogP contribution is -2.42. The van der Waals surface area contributed by atoms with Crippen LogP contribution in [0.4, 0.5) is 4.79 Å². The highest BCUT2D eigenvalue weighted by Gasteiger charge is 2.30. The number of amides is 1. The number of carbonyl (C=O) groups is 2. The van der Waals surface area contributed by atoms with E-state index in [9.17, 15) is 9.59 Å². The number of hydrogen-bond acceptors (Lipinski definition) is 6. The van der Waals surface area contributed by atoms with Crippen molar-refractivity contribution in [3.8, 4) is 17.2 Å². The summed E-state index contributed by atoms with van der Waals surface area (Å²) in [7, 11) is 0. The fraction of sp³-hybridized carbons (Fsp3) is 0.250. The molecule has 3 aliphatic heterocycles. The van der Waals surface area contributed by atoms with Crippen molar-refractivity contribution in [1.29, 1.82) is 0 Å². The maximum Gasteiger partial charge on any atom is 0.415 e. The normalized spacial score (nSPS) is 21.0. The molecule has 7 heteroatoms. The third-order valence-corrected chi connectivity index (χ3v) is 5.43. The summed E-state index contributed by atoms with van der Waals surface area (Å²) >= 11 is 0. The van der Waals surface area contributed by atoms with E-state index < -0.39 is 6.09 Å². The number of allylic oxidation sites excluding steroid dienone is 1. The number of para-hydroxylation sites is 1. The third-order valence-electron chi connectivity index (χ3n) is 5.43. The Balaban J connectivity index is 1.35. The van der Waals surface area contributed by atoms with Gasteiger partial charge in [-0.25, -0.2) is 4.79 Å². The molecule has 2 aromatic rings. The first-order valence-electron chi connectivity index (χ1n) is 10.2. The molecular weight excluding hydrogens is 398 g/mol. The standard InChI is InChI=1S/C24H21NO6/c1-15-17(12-16-4-2-3-5-20(16)29-15)13-22-23(26)19-7-6-18(14-21(19)31-22)30-24(27)25-8-10-28-11-9-25/h2-7,12-15H,8-11H2,1H3/t15-/m1/s1. The lowest BCUT2D eigenvalue weighted by Gasteiger charge is -2.25. The van der Waals surface area contributed by atoms with Crippen molar-refractivity contribution in [3.05, 3.63) is 71.0 Å². The first kappa shape index (κ1) is 19.4. The van der Waals surface area contributed by atoms with Crippen molar-refractivity contribution in [2.24, 2.45) is 0 Å². The molecule has 7 nitrogen and oxygen atoms in total. The van der Waals surface area contributed by atoms with Gasteiger partial charge in [-0.05, 0) is 42.8 Å². The van der Waals surface area contributed by atoms with Crippen LogP contribution in [0.3, 0.4) is 0 Å². The van der Waals surface area contributed by atoms with Crippen molar-refractivity contribution in [3.63, 3.8) is 0 Å². The lowest BCUT2D eigenvalue weighted by atomic mass is 10.0. The van der Waals surface area contributed by atoms with Gasteiger partial charge in [-0.2, -0.15) is 0 Å². The molecule has 158 valence electrons. The second-order valence-electron chi connectivity index (χ2n) is 7.51. The van der Waals surface area contributed by atoms with Crippen molar-refractivity contribution < 1.29 is 28.5 Å². The van der Waals surface area contributed by atoms with Gasteiger partial charge in [-0.1, -0.05) is 18.2 Å². The van der Waals surface area contributed by atoms with Gasteiger partial charge in [-0.3, -0.25) is 4.79 Å². The molecule has 1 atom stereocenters. The number of ketones is 1. The zero-order valence-electron chi connectivity index (χ0n) is 17.0. The number of morpholine rings is 1. The number of fused-ring (bicyclic) bond motifs is 2. The van der Waals surface area contributed by atoms with Gasteiger partial charge in [0.25, 0.3) is 0 Å². The van der Waals surface area contributed by atoms with E-state index in [0.717, 1.165) is 16.9 Å². The second-order valence-corrected chi connectivity index (χ2v) is 7.51. The van der Waals surface area contributed by atoms with Crippen LogP contribution in [-0.2, 0) is 4.74 Å². The van der Waals surface area contributed by atoms with Crippen molar-refractivity contribution in [2.45, 2.75) is 13.0 Å². The Morgan fingerprint density at radius 2 is 1.94 bits per heavy atom. The summed E-state index contributed by atoms with van der Waals surface area (Å²) in [5.74, 6) is 1.51. The highest BCUT2D eigenvalue weighted by molar-refractivity contribution is 6.12. The Bertz CT molecular complexity index is 1110. The van der Waals surface area contributed by atoms with Gasteiger partial charge in [0.05, 0.1) is 18.8 Å². The maximum absolute atomic E-state index is 12.8. The zero-order valence-corrected chi connectivity index (χ0v) is 17.0. The number of rotatable bonds is 2. The molecule has 5 rings (SSSR count). The van der Waals surface area contributed by atoms with Crippen LogP contribution < -0.4 is 14.2 Å². The Hall–Kier alpha value is -3.58. The Morgan fingerprint density at radius 3 is 2.77 bits per heavy atom. The number of nitrogens with zero attached hydrogens (tertiary/aromatic N) is 1. The van der Waals surface area contributed by atoms with Gasteiger partial charge in [-0.15, -0.1) is 0 Å². The van der Waals surface area contributed by atoms with E-state index >= 15 is 0 Å². The molecule has 0 aliphatic carbocycles. The highest BCUT2D eigenvalue weighted by Crippen LogP contribution is 2.36. The van der Waals surface area contributed by atoms with Crippen LogP contribution in [-0.4, -0.2) is 49.2 Å². The van der Waals surface area contributed by atoms with Gasteiger partial charge >= 0.3 is 6.09 Å². The first-order chi connectivity index (χ1) is 15.1. The molecule has 0 N–H and O–H groups in total. The smallest absolute Gasteiger partial charge is 0.415 e. The third kappa shape index (κ3) is 3.80. The molecule has 2 aromatic carbocycles. The summed E-state index contributed by atoms with van der Waals surface area (Å²) in [6.45, 7) is 3.89. The van der Waals surface area contributed by atoms with E-state index in [2.05, 4.69) is 0 Å². The van der Waals surface area contributed by atoms with Gasteiger partial charge in [0.15, 0.2) is 5.76 Å². The summed E-state index contributed by atoms with van der Waals surface area (Å²) in [5.41, 5.74) is 2.23. The van der Waals surface area contributed by atoms with Crippen LogP contribution in [0.15, 0.2) is 59.9 Å². The lowest BCUT2D eigenvalue weighted by molar-refractivity contribution is 0.0416. The number of Topliss-reactive ketones (excluding diaryl/α,β-unsaturated/α-hetero) is 1. The molecule has 0 aromatic heterocycles. The molecule has 3 heterocycles. The highest BCUT2D eigenvalue weighted by atomic mass is 16.6. The van der Waals surface area contributed by atoms with Crippen molar-refractivity contribution in [2.75, 3.05) is 26.3 Å². The van der Waals surface area contributed by atoms with E-state index in [1.54, 1.807) is 29.2 Å². The minimum atomic E-state index is -0.444. The SMILES string of the molecule is C[C@H]1Oc2ccccc2C=C1C=C1Oc2cc(OC(=O)N3CCOCC3)ccc2C1=O. The Labute approximate surface area is 179 Å². The first-order valence-corrected chi connectivity index (χ1v) is 10.2. The molecule has 0 unspecified atom stereocenters. The molecule has 1 amide bonds. The van der Waals surface area contributed by atoms with Crippen LogP contribution in [0.5, 0.6) is 17.2 Å². The molecular formula is C24H21NO6. The molecule has 0 bridgehead atoms. The van der Waals surface area contributed by atoms with Crippen LogP contribution in [0.1, 0.15) is 22.8 Å². The van der Waals surface area contributed by atoms with Crippen LogP contribution >= 0.6 is 0 Å². The Morgan fingerprint density at radius 1 is 1.13 bits per heavy atom. The molecule has 0 spiro atoms. The fourth-order valence-corrected chi connectivity index (χ4v) is 3.71. The fourth-order valence-electron chi connectivity index (χ4n) is 3.71. The van der Waals surface area contributed by atoms with E-state index in [1.807, 2.05) is 37.3 Å². The predicted molar refractivity (Wildman–Crippen MR) is 112 cm³/mol. The number of carbonyl (C=O) groups excluding carboxylic acids is 2. The predicted octanol–water partition coefficient (Wildman–Crippen LogP) is 3.84. The van der Waals surface area contributed by atoms with Crippen LogP contribution in [0.25, 0.3) is 6.08 Å². The van der Waals surface area contributed by atoms with Crippen LogP contribution in [0, 0.1) is 0 Å². The average molecular weight is 419 g/mol. The minimum Gasteiger partial charge on any atom is -0.485 e. The second kappa shape index (κ2) is 7.92. The van der Waals surface area contributed by atoms with Gasteiger partial charge in [0, 0.05) is 24.7 Å². The van der Waals surface area contributed by atoms with E-state index in [1.165, 1.54) is 0 Å². The van der Waals surface area contributed by atoms with Gasteiger partial charge in [0.2, 0.25) is 5.78 Å². The van der Waals surface area contributed by atoms with E-state index in [-0.39, 0.29) is 17.6 Å². The summed E-state index contributed by atoms with van der Waals surface area (Å²) < 4.78 is 22.4. The monoisotopic (exact) mass is 419 g/mol. The minimum absolute atomic E-state index is 0.215. The largest absolute Gasteiger partial charge is 0.485 e. The molecule has 0 saturated carbocycles. The summed E-state index contributed by atoms with van der Waals surface area (Å²) in [5, 5.41) is 0. The Kier molecular flexibility index (Phi) is 4.95. The number of benzene rings is 2. The van der Waals surface area contributed by atoms with Crippen molar-refractivity contribution >= 4 is 18.0 Å². The quantitative estimate of drug-likeness (QED) is 0.689. The molecule has 1 fully saturated rings. The van der Waals surface area contributed by atoms with Gasteiger partial charge in [0.1, 0.15) is 23.4 Å². The number of hydrogen-bond donors (Lipinski definition) is 0. The summed E-state index contributed by atoms with van der Waals surface area (Å²) in [4.78, 5) is 26.7. The van der Waals surface area contributed by atoms with Crippen LogP contribution in [0.2, 0.25) is 0 Å². The molecule has 3 aliphatic rings. The van der Waals surface area contributed by atoms with Crippen molar-refractivity contribution in [1.82, 2.24) is 4.90 Å². The van der Waals surface area contributed by atoms with E-state index in [0.29, 0.717) is 43.4 Å². The summed E-state index contributed by atoms with van der Waals surface area (Å²) in [6, 6.07) is 12.5.